The molecule has 1 unspecified atom stereocenters. The number of rotatable bonds is 3. The Hall–Kier alpha value is -3.04. The molecule has 3 nitrogen and oxygen atoms in total. The van der Waals surface area contributed by atoms with Crippen molar-refractivity contribution < 1.29 is 5.11 Å². The zero-order chi connectivity index (χ0) is 19.6. The molecule has 2 aliphatic rings. The van der Waals surface area contributed by atoms with Crippen molar-refractivity contribution in [3.8, 4) is 5.75 Å². The van der Waals surface area contributed by atoms with Crippen molar-refractivity contribution in [1.29, 1.82) is 0 Å². The van der Waals surface area contributed by atoms with Crippen LogP contribution in [0.5, 0.6) is 5.75 Å². The van der Waals surface area contributed by atoms with E-state index in [1.165, 1.54) is 33.5 Å². The van der Waals surface area contributed by atoms with Crippen LogP contribution in [0.1, 0.15) is 28.2 Å². The molecule has 0 bridgehead atoms. The molecule has 3 aromatic carbocycles. The van der Waals surface area contributed by atoms with Gasteiger partial charge in [-0.25, -0.2) is 0 Å². The van der Waals surface area contributed by atoms with E-state index in [1.54, 1.807) is 0 Å². The predicted octanol–water partition coefficient (Wildman–Crippen LogP) is 4.57. The van der Waals surface area contributed by atoms with Crippen LogP contribution in [0, 0.1) is 0 Å². The molecule has 1 aliphatic carbocycles. The molecule has 3 heteroatoms. The van der Waals surface area contributed by atoms with Crippen molar-refractivity contribution in [2.45, 2.75) is 12.3 Å². The molecule has 5 rings (SSSR count). The minimum Gasteiger partial charge on any atom is -0.508 e. The largest absolute Gasteiger partial charge is 0.508 e. The van der Waals surface area contributed by atoms with Crippen LogP contribution in [0.4, 0.5) is 5.69 Å². The molecule has 1 fully saturated rings. The topological polar surface area (TPSA) is 35.5 Å². The summed E-state index contributed by atoms with van der Waals surface area (Å²) in [6, 6.07) is 25.6. The molecule has 146 valence electrons. The minimum atomic E-state index is 0.179. The van der Waals surface area contributed by atoms with E-state index in [-0.39, 0.29) is 5.92 Å². The molecule has 0 aromatic heterocycles. The molecule has 3 aromatic rings. The monoisotopic (exact) mass is 382 g/mol. The maximum Gasteiger partial charge on any atom is 0.115 e. The lowest BCUT2D eigenvalue weighted by Crippen LogP contribution is -2.43. The smallest absolute Gasteiger partial charge is 0.115 e. The predicted molar refractivity (Wildman–Crippen MR) is 120 cm³/mol. The summed E-state index contributed by atoms with van der Waals surface area (Å²) >= 11 is 0. The SMILES string of the molecule is Oc1ccc2c(c1)CC=C(c1ccccc1)C2c1ccc(N2CCNCC2)cc1. The van der Waals surface area contributed by atoms with Crippen molar-refractivity contribution in [2.24, 2.45) is 0 Å². The number of nitrogens with one attached hydrogen (secondary N) is 1. The number of hydrogen-bond donors (Lipinski definition) is 2. The zero-order valence-electron chi connectivity index (χ0n) is 16.5. The highest BCUT2D eigenvalue weighted by molar-refractivity contribution is 5.78. The average molecular weight is 383 g/mol. The second-order valence-corrected chi connectivity index (χ2v) is 7.87. The van der Waals surface area contributed by atoms with Gasteiger partial charge in [0.05, 0.1) is 0 Å². The van der Waals surface area contributed by atoms with Crippen LogP contribution in [0.15, 0.2) is 78.9 Å². The van der Waals surface area contributed by atoms with Gasteiger partial charge < -0.3 is 15.3 Å². The summed E-state index contributed by atoms with van der Waals surface area (Å²) < 4.78 is 0. The molecule has 0 spiro atoms. The van der Waals surface area contributed by atoms with Crippen molar-refractivity contribution >= 4 is 11.3 Å². The van der Waals surface area contributed by atoms with Crippen molar-refractivity contribution in [1.82, 2.24) is 5.32 Å². The van der Waals surface area contributed by atoms with Gasteiger partial charge in [-0.1, -0.05) is 54.6 Å². The summed E-state index contributed by atoms with van der Waals surface area (Å²) in [5.41, 5.74) is 7.70. The van der Waals surface area contributed by atoms with Gasteiger partial charge in [-0.15, -0.1) is 0 Å². The lowest BCUT2D eigenvalue weighted by Gasteiger charge is -2.31. The van der Waals surface area contributed by atoms with E-state index < -0.39 is 0 Å². The summed E-state index contributed by atoms with van der Waals surface area (Å²) in [6.45, 7) is 4.20. The number of phenolic OH excluding ortho intramolecular Hbond substituents is 1. The van der Waals surface area contributed by atoms with E-state index in [0.717, 1.165) is 32.6 Å². The lowest BCUT2D eigenvalue weighted by atomic mass is 9.75. The Bertz CT molecular complexity index is 1020. The second-order valence-electron chi connectivity index (χ2n) is 7.87. The van der Waals surface area contributed by atoms with Gasteiger partial charge in [0.25, 0.3) is 0 Å². The maximum absolute atomic E-state index is 9.98. The maximum atomic E-state index is 9.98. The Kier molecular flexibility index (Phi) is 4.82. The molecular weight excluding hydrogens is 356 g/mol. The van der Waals surface area contributed by atoms with Gasteiger partial charge in [-0.3, -0.25) is 0 Å². The highest BCUT2D eigenvalue weighted by Gasteiger charge is 2.26. The summed E-state index contributed by atoms with van der Waals surface area (Å²) in [7, 11) is 0. The summed E-state index contributed by atoms with van der Waals surface area (Å²) in [6.07, 6.45) is 3.18. The van der Waals surface area contributed by atoms with Crippen LogP contribution in [0.2, 0.25) is 0 Å². The van der Waals surface area contributed by atoms with Gasteiger partial charge >= 0.3 is 0 Å². The van der Waals surface area contributed by atoms with Crippen molar-refractivity contribution in [2.75, 3.05) is 31.1 Å². The fourth-order valence-electron chi connectivity index (χ4n) is 4.63. The number of fused-ring (bicyclic) bond motifs is 1. The third kappa shape index (κ3) is 3.54. The molecule has 1 aliphatic heterocycles. The van der Waals surface area contributed by atoms with Gasteiger partial charge in [0.1, 0.15) is 5.75 Å². The van der Waals surface area contributed by atoms with E-state index in [0.29, 0.717) is 5.75 Å². The van der Waals surface area contributed by atoms with Crippen LogP contribution in [0.3, 0.4) is 0 Å². The lowest BCUT2D eigenvalue weighted by molar-refractivity contribution is 0.474. The molecule has 0 saturated carbocycles. The van der Waals surface area contributed by atoms with E-state index in [9.17, 15) is 5.11 Å². The normalized spacial score (nSPS) is 18.8. The Labute approximate surface area is 172 Å². The Morgan fingerprint density at radius 1 is 0.862 bits per heavy atom. The number of anilines is 1. The molecule has 1 atom stereocenters. The Morgan fingerprint density at radius 2 is 1.62 bits per heavy atom. The molecule has 1 heterocycles. The quantitative estimate of drug-likeness (QED) is 0.696. The highest BCUT2D eigenvalue weighted by Crippen LogP contribution is 2.43. The first-order valence-corrected chi connectivity index (χ1v) is 10.4. The molecular formula is C26H26N2O. The first-order chi connectivity index (χ1) is 14.3. The second kappa shape index (κ2) is 7.76. The molecule has 0 radical (unpaired) electrons. The number of benzene rings is 3. The molecule has 1 saturated heterocycles. The summed E-state index contributed by atoms with van der Waals surface area (Å²) in [4.78, 5) is 2.45. The number of aromatic hydroxyl groups is 1. The van der Waals surface area contributed by atoms with Crippen LogP contribution in [0.25, 0.3) is 5.57 Å². The van der Waals surface area contributed by atoms with Crippen LogP contribution >= 0.6 is 0 Å². The number of phenols is 1. The zero-order valence-corrected chi connectivity index (χ0v) is 16.5. The van der Waals surface area contributed by atoms with Crippen LogP contribution < -0.4 is 10.2 Å². The van der Waals surface area contributed by atoms with E-state index in [2.05, 4.69) is 77.0 Å². The fourth-order valence-corrected chi connectivity index (χ4v) is 4.63. The number of allylic oxidation sites excluding steroid dienone is 2. The summed E-state index contributed by atoms with van der Waals surface area (Å²) in [5.74, 6) is 0.520. The Morgan fingerprint density at radius 3 is 2.38 bits per heavy atom. The van der Waals surface area contributed by atoms with Gasteiger partial charge in [-0.05, 0) is 58.5 Å². The fraction of sp³-hybridized carbons (Fsp3) is 0.231. The van der Waals surface area contributed by atoms with Gasteiger partial charge in [-0.2, -0.15) is 0 Å². The van der Waals surface area contributed by atoms with E-state index in [1.807, 2.05) is 12.1 Å². The first-order valence-electron chi connectivity index (χ1n) is 10.4. The van der Waals surface area contributed by atoms with Crippen LogP contribution in [-0.2, 0) is 6.42 Å². The van der Waals surface area contributed by atoms with E-state index >= 15 is 0 Å². The Balaban J connectivity index is 1.55. The van der Waals surface area contributed by atoms with Gasteiger partial charge in [0.2, 0.25) is 0 Å². The third-order valence-electron chi connectivity index (χ3n) is 6.11. The number of nitrogens with zero attached hydrogens (tertiary/aromatic N) is 1. The van der Waals surface area contributed by atoms with Crippen molar-refractivity contribution in [3.63, 3.8) is 0 Å². The standard InChI is InChI=1S/C26H26N2O/c29-23-11-13-25-21(18-23)8-12-24(19-4-2-1-3-5-19)26(25)20-6-9-22(10-7-20)28-16-14-27-15-17-28/h1-7,9-13,18,26-27,29H,8,14-17H2. The average Bonchev–Trinajstić information content (AvgIpc) is 2.79. The first kappa shape index (κ1) is 18.0. The van der Waals surface area contributed by atoms with Crippen LogP contribution in [-0.4, -0.2) is 31.3 Å². The van der Waals surface area contributed by atoms with Crippen molar-refractivity contribution in [3.05, 3.63) is 101 Å². The molecule has 2 N–H and O–H groups in total. The molecule has 29 heavy (non-hydrogen) atoms. The van der Waals surface area contributed by atoms with Gasteiger partial charge in [0.15, 0.2) is 0 Å². The van der Waals surface area contributed by atoms with Gasteiger partial charge in [0, 0.05) is 37.8 Å². The molecule has 0 amide bonds. The number of hydrogen-bond acceptors (Lipinski definition) is 3. The summed E-state index contributed by atoms with van der Waals surface area (Å²) in [5, 5.41) is 13.4. The number of piperazine rings is 1. The minimum absolute atomic E-state index is 0.179. The van der Waals surface area contributed by atoms with E-state index in [4.69, 9.17) is 0 Å². The highest BCUT2D eigenvalue weighted by atomic mass is 16.3. The third-order valence-corrected chi connectivity index (χ3v) is 6.11.